The number of anilines is 6. The van der Waals surface area contributed by atoms with Gasteiger partial charge in [0.1, 0.15) is 0 Å². The SMILES string of the molecule is [C-]#[N+]c1ccc(N(c2ccc3ccccc3c2)c2ccc3c(c2)sc2cc(N(c4ccc(C#N)cc4)c4ccc5ccccc5c4)c4ccccc4c23)cc1. The lowest BCUT2D eigenvalue weighted by atomic mass is 10.00. The van der Waals surface area contributed by atoms with Crippen LogP contribution in [0.4, 0.5) is 39.8 Å². The van der Waals surface area contributed by atoms with Crippen molar-refractivity contribution in [2.45, 2.75) is 0 Å². The topological polar surface area (TPSA) is 34.6 Å². The molecule has 0 N–H and O–H groups in total. The van der Waals surface area contributed by atoms with E-state index >= 15 is 0 Å². The van der Waals surface area contributed by atoms with Gasteiger partial charge in [-0.1, -0.05) is 103 Å². The van der Waals surface area contributed by atoms with Crippen LogP contribution in [0, 0.1) is 17.9 Å². The van der Waals surface area contributed by atoms with Crippen molar-refractivity contribution in [2.75, 3.05) is 9.80 Å². The van der Waals surface area contributed by atoms with Crippen molar-refractivity contribution >= 4 is 104 Å². The summed E-state index contributed by atoms with van der Waals surface area (Å²) in [5.41, 5.74) is 7.44. The van der Waals surface area contributed by atoms with Gasteiger partial charge in [0.25, 0.3) is 0 Å². The second kappa shape index (κ2) is 13.2. The molecule has 0 bridgehead atoms. The minimum Gasteiger partial charge on any atom is -0.311 e. The maximum absolute atomic E-state index is 9.62. The predicted octanol–water partition coefficient (Wildman–Crippen LogP) is 14.9. The summed E-state index contributed by atoms with van der Waals surface area (Å²) in [6.45, 7) is 7.53. The summed E-state index contributed by atoms with van der Waals surface area (Å²) in [5, 5.41) is 19.1. The van der Waals surface area contributed by atoms with Crippen LogP contribution >= 0.6 is 11.3 Å². The Balaban J connectivity index is 1.18. The van der Waals surface area contributed by atoms with Gasteiger partial charge in [-0.05, 0) is 106 Å². The van der Waals surface area contributed by atoms with Gasteiger partial charge in [0, 0.05) is 54.0 Å². The molecule has 0 aliphatic carbocycles. The molecule has 10 aromatic rings. The van der Waals surface area contributed by atoms with Crippen LogP contribution in [-0.4, -0.2) is 0 Å². The molecular formula is C50H30N4S. The molecule has 10 rings (SSSR count). The molecule has 0 unspecified atom stereocenters. The van der Waals surface area contributed by atoms with E-state index in [0.29, 0.717) is 11.3 Å². The third-order valence-corrected chi connectivity index (χ3v) is 11.5. The Kier molecular flexibility index (Phi) is 7.74. The molecule has 0 saturated carbocycles. The van der Waals surface area contributed by atoms with Crippen LogP contribution in [0.25, 0.3) is 57.3 Å². The number of benzene rings is 9. The Morgan fingerprint density at radius 3 is 1.64 bits per heavy atom. The van der Waals surface area contributed by atoms with E-state index in [4.69, 9.17) is 6.57 Å². The van der Waals surface area contributed by atoms with Crippen molar-refractivity contribution in [1.82, 2.24) is 0 Å². The van der Waals surface area contributed by atoms with E-state index in [1.807, 2.05) is 48.5 Å². The summed E-state index contributed by atoms with van der Waals surface area (Å²) in [6, 6.07) is 65.8. The minimum atomic E-state index is 0.614. The fourth-order valence-corrected chi connectivity index (χ4v) is 8.99. The first-order chi connectivity index (χ1) is 27.1. The van der Waals surface area contributed by atoms with Crippen molar-refractivity contribution in [3.05, 3.63) is 199 Å². The summed E-state index contributed by atoms with van der Waals surface area (Å²) >= 11 is 1.80. The van der Waals surface area contributed by atoms with Crippen molar-refractivity contribution in [1.29, 1.82) is 5.26 Å². The average molecular weight is 719 g/mol. The highest BCUT2D eigenvalue weighted by Gasteiger charge is 2.21. The van der Waals surface area contributed by atoms with Crippen LogP contribution in [0.3, 0.4) is 0 Å². The molecule has 5 heteroatoms. The third-order valence-electron chi connectivity index (χ3n) is 10.4. The van der Waals surface area contributed by atoms with Gasteiger partial charge in [0.2, 0.25) is 0 Å². The van der Waals surface area contributed by atoms with E-state index < -0.39 is 0 Å². The Labute approximate surface area is 322 Å². The number of nitriles is 1. The largest absolute Gasteiger partial charge is 0.311 e. The van der Waals surface area contributed by atoms with Crippen LogP contribution in [0.2, 0.25) is 0 Å². The molecule has 0 amide bonds. The quantitative estimate of drug-likeness (QED) is 0.161. The van der Waals surface area contributed by atoms with Gasteiger partial charge in [0.15, 0.2) is 5.69 Å². The maximum atomic E-state index is 9.62. The number of rotatable bonds is 6. The Hall–Kier alpha value is -7.44. The number of thiophene rings is 1. The summed E-state index contributed by atoms with van der Waals surface area (Å²) < 4.78 is 2.38. The fourth-order valence-electron chi connectivity index (χ4n) is 7.80. The van der Waals surface area contributed by atoms with Crippen LogP contribution < -0.4 is 9.80 Å². The van der Waals surface area contributed by atoms with E-state index in [1.54, 1.807) is 11.3 Å². The molecule has 0 atom stereocenters. The van der Waals surface area contributed by atoms with Gasteiger partial charge in [-0.25, -0.2) is 4.85 Å². The van der Waals surface area contributed by atoms with Crippen LogP contribution in [-0.2, 0) is 0 Å². The molecule has 1 heterocycles. The van der Waals surface area contributed by atoms with Crippen molar-refractivity contribution < 1.29 is 0 Å². The highest BCUT2D eigenvalue weighted by molar-refractivity contribution is 7.26. The molecule has 0 spiro atoms. The molecule has 55 heavy (non-hydrogen) atoms. The summed E-state index contributed by atoms with van der Waals surface area (Å²) in [4.78, 5) is 8.24. The molecule has 0 aliphatic heterocycles. The van der Waals surface area contributed by atoms with E-state index in [0.717, 1.165) is 44.9 Å². The Bertz CT molecular complexity index is 3180. The first kappa shape index (κ1) is 32.2. The van der Waals surface area contributed by atoms with Crippen LogP contribution in [0.1, 0.15) is 5.56 Å². The van der Waals surface area contributed by atoms with Crippen molar-refractivity contribution in [3.63, 3.8) is 0 Å². The second-order valence-electron chi connectivity index (χ2n) is 13.6. The van der Waals surface area contributed by atoms with Gasteiger partial charge in [0.05, 0.1) is 23.9 Å². The zero-order valence-electron chi connectivity index (χ0n) is 29.5. The molecule has 0 saturated heterocycles. The highest BCUT2D eigenvalue weighted by Crippen LogP contribution is 2.48. The Morgan fingerprint density at radius 2 is 0.982 bits per heavy atom. The zero-order valence-corrected chi connectivity index (χ0v) is 30.3. The van der Waals surface area contributed by atoms with Crippen LogP contribution in [0.5, 0.6) is 0 Å². The van der Waals surface area contributed by atoms with Crippen molar-refractivity contribution in [3.8, 4) is 6.07 Å². The second-order valence-corrected chi connectivity index (χ2v) is 14.7. The van der Waals surface area contributed by atoms with Gasteiger partial charge >= 0.3 is 0 Å². The molecule has 0 fully saturated rings. The maximum Gasteiger partial charge on any atom is 0.187 e. The Morgan fingerprint density at radius 1 is 0.455 bits per heavy atom. The number of hydrogen-bond donors (Lipinski definition) is 0. The third kappa shape index (κ3) is 5.59. The number of nitrogens with zero attached hydrogens (tertiary/aromatic N) is 4. The summed E-state index contributed by atoms with van der Waals surface area (Å²) in [7, 11) is 0. The van der Waals surface area contributed by atoms with Gasteiger partial charge < -0.3 is 9.80 Å². The van der Waals surface area contributed by atoms with Gasteiger partial charge in [-0.3, -0.25) is 0 Å². The lowest BCUT2D eigenvalue weighted by molar-refractivity contribution is 1.30. The van der Waals surface area contributed by atoms with E-state index in [2.05, 4.69) is 154 Å². The van der Waals surface area contributed by atoms with Crippen molar-refractivity contribution in [2.24, 2.45) is 0 Å². The molecule has 0 aliphatic rings. The molecule has 9 aromatic carbocycles. The predicted molar refractivity (Wildman–Crippen MR) is 232 cm³/mol. The molecular weight excluding hydrogens is 689 g/mol. The normalized spacial score (nSPS) is 11.2. The molecule has 0 radical (unpaired) electrons. The average Bonchev–Trinajstić information content (AvgIpc) is 3.62. The first-order valence-electron chi connectivity index (χ1n) is 18.1. The first-order valence-corrected chi connectivity index (χ1v) is 18.9. The summed E-state index contributed by atoms with van der Waals surface area (Å²) in [5.74, 6) is 0. The smallest absolute Gasteiger partial charge is 0.187 e. The fraction of sp³-hybridized carbons (Fsp3) is 0. The van der Waals surface area contributed by atoms with Gasteiger partial charge in [-0.15, -0.1) is 11.3 Å². The highest BCUT2D eigenvalue weighted by atomic mass is 32.1. The standard InChI is InChI=1S/C50H30N4S/c1-52-38-18-24-39(25-19-38)53(41-22-16-34-8-2-4-10-36(34)28-41)43-26-27-46-48(30-43)55-49-31-47(44-12-6-7-13-45(44)50(46)49)54(40-20-14-33(32-51)15-21-40)42-23-17-35-9-3-5-11-37(35)29-42/h2-31H. The molecule has 4 nitrogen and oxygen atoms in total. The summed E-state index contributed by atoms with van der Waals surface area (Å²) in [6.07, 6.45) is 0. The van der Waals surface area contributed by atoms with E-state index in [-0.39, 0.29) is 0 Å². The van der Waals surface area contributed by atoms with E-state index in [9.17, 15) is 5.26 Å². The monoisotopic (exact) mass is 718 g/mol. The molecule has 256 valence electrons. The number of fused-ring (bicyclic) bond motifs is 7. The lowest BCUT2D eigenvalue weighted by Crippen LogP contribution is -2.10. The van der Waals surface area contributed by atoms with Gasteiger partial charge in [-0.2, -0.15) is 5.26 Å². The molecule has 1 aromatic heterocycles. The van der Waals surface area contributed by atoms with Crippen LogP contribution in [0.15, 0.2) is 182 Å². The lowest BCUT2D eigenvalue weighted by Gasteiger charge is -2.27. The van der Waals surface area contributed by atoms with E-state index in [1.165, 1.54) is 41.7 Å². The zero-order chi connectivity index (χ0) is 36.9. The number of hydrogen-bond acceptors (Lipinski definition) is 4. The minimum absolute atomic E-state index is 0.614.